The van der Waals surface area contributed by atoms with E-state index in [0.717, 1.165) is 0 Å². The van der Waals surface area contributed by atoms with Crippen molar-refractivity contribution in [3.05, 3.63) is 115 Å². The molecular weight excluding hydrogens is 481 g/mol. The van der Waals surface area contributed by atoms with Crippen LogP contribution in [0.15, 0.2) is 115 Å². The zero-order chi connectivity index (χ0) is 20.0. The first-order valence-electron chi connectivity index (χ1n) is 8.72. The molecule has 0 heterocycles. The minimum atomic E-state index is -0.826. The zero-order valence-corrected chi connectivity index (χ0v) is 20.4. The van der Waals surface area contributed by atoms with E-state index in [-0.39, 0.29) is 0 Å². The van der Waals surface area contributed by atoms with E-state index in [1.807, 2.05) is 30.3 Å². The molecule has 5 aromatic rings. The molecule has 0 amide bonds. The normalized spacial score (nSPS) is 9.11. The SMILES string of the molecule is Pc1ccccc1.[Cl][Zr+2][Cl].c1ccc2[cH-]ccc2c1.c1ccc2[cH-]ccc2c1. The van der Waals surface area contributed by atoms with Crippen LogP contribution < -0.4 is 5.30 Å². The third kappa shape index (κ3) is 8.42. The maximum absolute atomic E-state index is 4.93. The maximum Gasteiger partial charge on any atom is -0.0809 e. The molecule has 5 aromatic carbocycles. The Labute approximate surface area is 188 Å². The van der Waals surface area contributed by atoms with E-state index in [0.29, 0.717) is 0 Å². The average molecular weight is 503 g/mol. The summed E-state index contributed by atoms with van der Waals surface area (Å²) >= 11 is -0.826. The molecule has 0 bridgehead atoms. The molecule has 0 nitrogen and oxygen atoms in total. The second-order valence-electron chi connectivity index (χ2n) is 5.79. The van der Waals surface area contributed by atoms with Crippen LogP contribution in [0.4, 0.5) is 0 Å². The van der Waals surface area contributed by atoms with Gasteiger partial charge < -0.3 is 0 Å². The average Bonchev–Trinajstić information content (AvgIpc) is 3.39. The molecule has 5 rings (SSSR count). The first-order valence-corrected chi connectivity index (χ1v) is 15.6. The van der Waals surface area contributed by atoms with Crippen molar-refractivity contribution in [2.45, 2.75) is 0 Å². The third-order valence-electron chi connectivity index (χ3n) is 3.89. The smallest absolute Gasteiger partial charge is 0.0809 e. The molecule has 0 N–H and O–H groups in total. The van der Waals surface area contributed by atoms with Crippen LogP contribution in [-0.2, 0) is 20.8 Å². The van der Waals surface area contributed by atoms with Crippen molar-refractivity contribution in [1.29, 1.82) is 0 Å². The number of benzene rings is 3. The van der Waals surface area contributed by atoms with Crippen LogP contribution in [0.3, 0.4) is 0 Å². The largest absolute Gasteiger partial charge is 0.168 e. The Hall–Kier alpha value is -1.23. The van der Waals surface area contributed by atoms with Gasteiger partial charge in [0.05, 0.1) is 0 Å². The number of halogens is 2. The van der Waals surface area contributed by atoms with Gasteiger partial charge in [0.1, 0.15) is 0 Å². The summed E-state index contributed by atoms with van der Waals surface area (Å²) in [5.74, 6) is 0. The van der Waals surface area contributed by atoms with Crippen LogP contribution in [-0.4, -0.2) is 0 Å². The Kier molecular flexibility index (Phi) is 11.4. The van der Waals surface area contributed by atoms with Gasteiger partial charge in [-0.1, -0.05) is 42.5 Å². The summed E-state index contributed by atoms with van der Waals surface area (Å²) in [5.41, 5.74) is 0. The third-order valence-corrected chi connectivity index (χ3v) is 4.28. The van der Waals surface area contributed by atoms with Crippen LogP contribution in [0.1, 0.15) is 0 Å². The maximum atomic E-state index is 4.93. The Morgan fingerprint density at radius 2 is 0.964 bits per heavy atom. The van der Waals surface area contributed by atoms with Crippen molar-refractivity contribution in [2.24, 2.45) is 0 Å². The van der Waals surface area contributed by atoms with E-state index < -0.39 is 20.8 Å². The van der Waals surface area contributed by atoms with Gasteiger partial charge in [-0.25, -0.2) is 0 Å². The molecule has 1 atom stereocenters. The molecule has 1 unspecified atom stereocenters. The molecular formula is C24H21Cl2PZr. The summed E-state index contributed by atoms with van der Waals surface area (Å²) in [6.45, 7) is 0. The van der Waals surface area contributed by atoms with Crippen molar-refractivity contribution in [3.8, 4) is 0 Å². The molecule has 0 fully saturated rings. The van der Waals surface area contributed by atoms with Gasteiger partial charge in [-0.2, -0.15) is 35.0 Å². The molecule has 140 valence electrons. The summed E-state index contributed by atoms with van der Waals surface area (Å²) in [6.07, 6.45) is 0. The molecule has 28 heavy (non-hydrogen) atoms. The van der Waals surface area contributed by atoms with Crippen LogP contribution in [0.2, 0.25) is 0 Å². The van der Waals surface area contributed by atoms with Gasteiger partial charge in [0.15, 0.2) is 0 Å². The first-order chi connectivity index (χ1) is 13.7. The topological polar surface area (TPSA) is 0 Å². The van der Waals surface area contributed by atoms with Crippen LogP contribution in [0.5, 0.6) is 0 Å². The molecule has 0 aliphatic rings. The summed E-state index contributed by atoms with van der Waals surface area (Å²) < 4.78 is 0. The van der Waals surface area contributed by atoms with Crippen LogP contribution >= 0.6 is 26.3 Å². The quantitative estimate of drug-likeness (QED) is 0.151. The molecule has 0 aliphatic heterocycles. The fourth-order valence-electron chi connectivity index (χ4n) is 2.59. The fraction of sp³-hybridized carbons (Fsp3) is 0. The van der Waals surface area contributed by atoms with Crippen LogP contribution in [0, 0.1) is 0 Å². The molecule has 0 saturated heterocycles. The van der Waals surface area contributed by atoms with E-state index in [4.69, 9.17) is 17.0 Å². The molecule has 4 heteroatoms. The second-order valence-corrected chi connectivity index (χ2v) is 10.2. The van der Waals surface area contributed by atoms with Crippen molar-refractivity contribution in [3.63, 3.8) is 0 Å². The minimum absolute atomic E-state index is 0.826. The van der Waals surface area contributed by atoms with Crippen molar-refractivity contribution < 1.29 is 20.8 Å². The van der Waals surface area contributed by atoms with E-state index in [9.17, 15) is 0 Å². The second kappa shape index (κ2) is 13.9. The van der Waals surface area contributed by atoms with Gasteiger partial charge in [0.25, 0.3) is 0 Å². The van der Waals surface area contributed by atoms with Gasteiger partial charge >= 0.3 is 37.9 Å². The Morgan fingerprint density at radius 1 is 0.571 bits per heavy atom. The van der Waals surface area contributed by atoms with Gasteiger partial charge in [0.2, 0.25) is 0 Å². The van der Waals surface area contributed by atoms with Crippen molar-refractivity contribution in [1.82, 2.24) is 0 Å². The number of hydrogen-bond donors (Lipinski definition) is 0. The fourth-order valence-corrected chi connectivity index (χ4v) is 2.82. The standard InChI is InChI=1S/2C9H7.C6H7P.2ClH.Zr/c2*1-2-5-9-7-3-6-8(9)4-1;7-6-4-2-1-3-5-6;;;/h2*1-7H;1-5H,7H2;2*1H;/q2*-1;;;;+4/p-2. The summed E-state index contributed by atoms with van der Waals surface area (Å²) in [6, 6.07) is 39.5. The molecule has 0 aliphatic carbocycles. The van der Waals surface area contributed by atoms with Gasteiger partial charge in [0, 0.05) is 0 Å². The Morgan fingerprint density at radius 3 is 1.32 bits per heavy atom. The molecule has 0 aromatic heterocycles. The van der Waals surface area contributed by atoms with Crippen molar-refractivity contribution in [2.75, 3.05) is 0 Å². The summed E-state index contributed by atoms with van der Waals surface area (Å²) in [7, 11) is 12.5. The van der Waals surface area contributed by atoms with Crippen molar-refractivity contribution >= 4 is 53.1 Å². The number of fused-ring (bicyclic) bond motifs is 2. The predicted molar refractivity (Wildman–Crippen MR) is 127 cm³/mol. The summed E-state index contributed by atoms with van der Waals surface area (Å²) in [4.78, 5) is 0. The monoisotopic (exact) mass is 500 g/mol. The van der Waals surface area contributed by atoms with E-state index >= 15 is 0 Å². The van der Waals surface area contributed by atoms with Gasteiger partial charge in [-0.05, 0) is 5.30 Å². The molecule has 0 radical (unpaired) electrons. The van der Waals surface area contributed by atoms with E-state index in [1.54, 1.807) is 0 Å². The van der Waals surface area contributed by atoms with Gasteiger partial charge in [-0.15, -0.1) is 68.5 Å². The first kappa shape index (κ1) is 23.1. The molecule has 0 spiro atoms. The Bertz CT molecular complexity index is 912. The number of rotatable bonds is 0. The number of hydrogen-bond acceptors (Lipinski definition) is 0. The van der Waals surface area contributed by atoms with E-state index in [2.05, 4.69) is 94.2 Å². The summed E-state index contributed by atoms with van der Waals surface area (Å²) in [5, 5.41) is 6.56. The van der Waals surface area contributed by atoms with Gasteiger partial charge in [-0.3, -0.25) is 0 Å². The predicted octanol–water partition coefficient (Wildman–Crippen LogP) is 7.68. The Balaban J connectivity index is 0.000000142. The minimum Gasteiger partial charge on any atom is -0.168 e. The zero-order valence-electron chi connectivity index (χ0n) is 15.3. The van der Waals surface area contributed by atoms with Crippen LogP contribution in [0.25, 0.3) is 21.5 Å². The molecule has 0 saturated carbocycles. The van der Waals surface area contributed by atoms with E-state index in [1.165, 1.54) is 26.8 Å².